The average molecular weight is 333 g/mol. The fourth-order valence-corrected chi connectivity index (χ4v) is 3.75. The predicted molar refractivity (Wildman–Crippen MR) is 79.1 cm³/mol. The standard InChI is InChI=1S/C13H19NO5S2/c1-20(15,16)11-3-4-12(13(7-11)21(2,17)18)19-9-10-5-6-14-8-10/h3-4,7,10,14H,5-6,8-9H2,1-2H3. The van der Waals surface area contributed by atoms with Crippen LogP contribution in [0.5, 0.6) is 5.75 Å². The van der Waals surface area contributed by atoms with E-state index in [1.54, 1.807) is 0 Å². The molecule has 0 aromatic heterocycles. The van der Waals surface area contributed by atoms with Crippen molar-refractivity contribution >= 4 is 19.7 Å². The van der Waals surface area contributed by atoms with E-state index in [4.69, 9.17) is 4.74 Å². The quantitative estimate of drug-likeness (QED) is 0.843. The van der Waals surface area contributed by atoms with Crippen LogP contribution in [0.3, 0.4) is 0 Å². The van der Waals surface area contributed by atoms with Crippen molar-refractivity contribution in [2.75, 3.05) is 32.2 Å². The van der Waals surface area contributed by atoms with Gasteiger partial charge in [-0.25, -0.2) is 16.8 Å². The lowest BCUT2D eigenvalue weighted by Gasteiger charge is -2.14. The van der Waals surface area contributed by atoms with Crippen LogP contribution in [0.2, 0.25) is 0 Å². The number of nitrogens with one attached hydrogen (secondary N) is 1. The third kappa shape index (κ3) is 4.18. The van der Waals surface area contributed by atoms with Crippen molar-refractivity contribution < 1.29 is 21.6 Å². The monoisotopic (exact) mass is 333 g/mol. The molecule has 1 fully saturated rings. The molecule has 1 aromatic carbocycles. The Morgan fingerprint density at radius 2 is 1.90 bits per heavy atom. The minimum atomic E-state index is -3.57. The van der Waals surface area contributed by atoms with Gasteiger partial charge >= 0.3 is 0 Å². The summed E-state index contributed by atoms with van der Waals surface area (Å²) in [6, 6.07) is 3.94. The Bertz CT molecular complexity index is 719. The van der Waals surface area contributed by atoms with Crippen molar-refractivity contribution in [1.29, 1.82) is 0 Å². The molecule has 1 unspecified atom stereocenters. The summed E-state index contributed by atoms with van der Waals surface area (Å²) in [6.07, 6.45) is 3.06. The second-order valence-corrected chi connectivity index (χ2v) is 9.32. The lowest BCUT2D eigenvalue weighted by molar-refractivity contribution is 0.254. The van der Waals surface area contributed by atoms with E-state index in [1.165, 1.54) is 12.1 Å². The minimum absolute atomic E-state index is 0.0298. The summed E-state index contributed by atoms with van der Waals surface area (Å²) in [4.78, 5) is -0.116. The van der Waals surface area contributed by atoms with Crippen LogP contribution in [0.1, 0.15) is 6.42 Å². The van der Waals surface area contributed by atoms with E-state index in [0.717, 1.165) is 38.1 Å². The van der Waals surface area contributed by atoms with E-state index in [2.05, 4.69) is 5.32 Å². The van der Waals surface area contributed by atoms with Gasteiger partial charge in [-0.15, -0.1) is 0 Å². The largest absolute Gasteiger partial charge is 0.492 e. The zero-order valence-corrected chi connectivity index (χ0v) is 13.6. The van der Waals surface area contributed by atoms with Gasteiger partial charge < -0.3 is 10.1 Å². The van der Waals surface area contributed by atoms with Crippen LogP contribution >= 0.6 is 0 Å². The highest BCUT2D eigenvalue weighted by molar-refractivity contribution is 7.91. The van der Waals surface area contributed by atoms with Gasteiger partial charge in [0.1, 0.15) is 10.6 Å². The number of hydrogen-bond acceptors (Lipinski definition) is 6. The van der Waals surface area contributed by atoms with Crippen molar-refractivity contribution in [3.63, 3.8) is 0 Å². The van der Waals surface area contributed by atoms with Crippen LogP contribution in [0.15, 0.2) is 28.0 Å². The number of ether oxygens (including phenoxy) is 1. The van der Waals surface area contributed by atoms with Crippen LogP contribution in [-0.2, 0) is 19.7 Å². The van der Waals surface area contributed by atoms with Crippen molar-refractivity contribution in [1.82, 2.24) is 5.32 Å². The van der Waals surface area contributed by atoms with Crippen LogP contribution in [-0.4, -0.2) is 49.0 Å². The van der Waals surface area contributed by atoms with E-state index in [0.29, 0.717) is 12.5 Å². The first kappa shape index (κ1) is 16.3. The van der Waals surface area contributed by atoms with Gasteiger partial charge in [-0.3, -0.25) is 0 Å². The molecular weight excluding hydrogens is 314 g/mol. The first-order chi connectivity index (χ1) is 9.68. The summed E-state index contributed by atoms with van der Waals surface area (Å²) < 4.78 is 52.4. The zero-order chi connectivity index (χ0) is 15.7. The smallest absolute Gasteiger partial charge is 0.179 e. The van der Waals surface area contributed by atoms with E-state index in [-0.39, 0.29) is 15.5 Å². The molecule has 6 nitrogen and oxygen atoms in total. The van der Waals surface area contributed by atoms with Crippen molar-refractivity contribution in [2.24, 2.45) is 5.92 Å². The molecule has 1 atom stereocenters. The highest BCUT2D eigenvalue weighted by Gasteiger charge is 2.21. The van der Waals surface area contributed by atoms with Crippen molar-refractivity contribution in [3.05, 3.63) is 18.2 Å². The molecule has 1 aromatic rings. The molecule has 2 rings (SSSR count). The molecule has 0 bridgehead atoms. The molecule has 8 heteroatoms. The Morgan fingerprint density at radius 1 is 1.19 bits per heavy atom. The predicted octanol–water partition coefficient (Wildman–Crippen LogP) is 0.482. The second kappa shape index (κ2) is 5.94. The minimum Gasteiger partial charge on any atom is -0.492 e. The number of rotatable bonds is 5. The summed E-state index contributed by atoms with van der Waals surface area (Å²) in [5, 5.41) is 3.20. The Kier molecular flexibility index (Phi) is 4.60. The van der Waals surface area contributed by atoms with Gasteiger partial charge in [-0.1, -0.05) is 0 Å². The molecular formula is C13H19NO5S2. The van der Waals surface area contributed by atoms with Gasteiger partial charge in [0.05, 0.1) is 11.5 Å². The molecule has 1 aliphatic heterocycles. The summed E-state index contributed by atoms with van der Waals surface area (Å²) in [5.74, 6) is 0.545. The molecule has 1 heterocycles. The van der Waals surface area contributed by atoms with Crippen molar-refractivity contribution in [3.8, 4) is 5.75 Å². The van der Waals surface area contributed by atoms with E-state index in [9.17, 15) is 16.8 Å². The normalized spacial score (nSPS) is 19.6. The molecule has 0 aliphatic carbocycles. The molecule has 1 saturated heterocycles. The zero-order valence-electron chi connectivity index (χ0n) is 12.0. The maximum absolute atomic E-state index is 11.8. The Morgan fingerprint density at radius 3 is 2.43 bits per heavy atom. The Labute approximate surface area is 125 Å². The summed E-state index contributed by atoms with van der Waals surface area (Å²) in [6.45, 7) is 2.18. The summed E-state index contributed by atoms with van der Waals surface area (Å²) in [5.41, 5.74) is 0. The highest BCUT2D eigenvalue weighted by atomic mass is 32.2. The molecule has 0 amide bonds. The Hall–Kier alpha value is -1.12. The SMILES string of the molecule is CS(=O)(=O)c1ccc(OCC2CCNC2)c(S(C)(=O)=O)c1. The molecule has 0 saturated carbocycles. The van der Waals surface area contributed by atoms with E-state index < -0.39 is 19.7 Å². The summed E-state index contributed by atoms with van der Waals surface area (Å²) >= 11 is 0. The number of benzene rings is 1. The van der Waals surface area contributed by atoms with Crippen molar-refractivity contribution in [2.45, 2.75) is 16.2 Å². The number of sulfone groups is 2. The third-order valence-electron chi connectivity index (χ3n) is 3.38. The van der Waals surface area contributed by atoms with Crippen LogP contribution in [0.25, 0.3) is 0 Å². The van der Waals surface area contributed by atoms with Gasteiger partial charge in [-0.2, -0.15) is 0 Å². The maximum atomic E-state index is 11.8. The third-order valence-corrected chi connectivity index (χ3v) is 5.61. The Balaban J connectivity index is 2.31. The van der Waals surface area contributed by atoms with Crippen LogP contribution < -0.4 is 10.1 Å². The van der Waals surface area contributed by atoms with Gasteiger partial charge in [0.25, 0.3) is 0 Å². The number of hydrogen-bond donors (Lipinski definition) is 1. The van der Waals surface area contributed by atoms with Gasteiger partial charge in [0, 0.05) is 25.0 Å². The lowest BCUT2D eigenvalue weighted by Crippen LogP contribution is -2.16. The maximum Gasteiger partial charge on any atom is 0.179 e. The fourth-order valence-electron chi connectivity index (χ4n) is 2.19. The first-order valence-electron chi connectivity index (χ1n) is 6.55. The summed E-state index contributed by atoms with van der Waals surface area (Å²) in [7, 11) is -7.03. The van der Waals surface area contributed by atoms with Crippen LogP contribution in [0.4, 0.5) is 0 Å². The topological polar surface area (TPSA) is 89.5 Å². The fraction of sp³-hybridized carbons (Fsp3) is 0.538. The molecule has 21 heavy (non-hydrogen) atoms. The van der Waals surface area contributed by atoms with E-state index in [1.807, 2.05) is 0 Å². The molecule has 0 radical (unpaired) electrons. The average Bonchev–Trinajstić information content (AvgIpc) is 2.87. The van der Waals surface area contributed by atoms with Crippen LogP contribution in [0, 0.1) is 5.92 Å². The molecule has 0 spiro atoms. The van der Waals surface area contributed by atoms with E-state index >= 15 is 0 Å². The molecule has 1 N–H and O–H groups in total. The molecule has 118 valence electrons. The van der Waals surface area contributed by atoms with Gasteiger partial charge in [-0.05, 0) is 31.2 Å². The second-order valence-electron chi connectivity index (χ2n) is 5.32. The first-order valence-corrected chi connectivity index (χ1v) is 10.3. The van der Waals surface area contributed by atoms with Gasteiger partial charge in [0.2, 0.25) is 0 Å². The lowest BCUT2D eigenvalue weighted by atomic mass is 10.1. The van der Waals surface area contributed by atoms with Gasteiger partial charge in [0.15, 0.2) is 19.7 Å². The highest BCUT2D eigenvalue weighted by Crippen LogP contribution is 2.27. The molecule has 1 aliphatic rings.